The Morgan fingerprint density at radius 1 is 1.43 bits per heavy atom. The number of sulfone groups is 1. The summed E-state index contributed by atoms with van der Waals surface area (Å²) in [5.41, 5.74) is 0.264. The van der Waals surface area contributed by atoms with E-state index in [0.717, 1.165) is 0 Å². The SMILES string of the molecule is C#CCN(C(=O)c1ccc(Cl)cc1Cl)[C@H]1CCS(=O)(=O)C1. The van der Waals surface area contributed by atoms with Crippen molar-refractivity contribution >= 4 is 38.9 Å². The Balaban J connectivity index is 2.30. The second-order valence-corrected chi connectivity index (χ2v) is 7.89. The smallest absolute Gasteiger partial charge is 0.256 e. The zero-order chi connectivity index (χ0) is 15.6. The van der Waals surface area contributed by atoms with Crippen LogP contribution in [0.1, 0.15) is 16.8 Å². The Hall–Kier alpha value is -1.22. The van der Waals surface area contributed by atoms with E-state index in [-0.39, 0.29) is 34.5 Å². The number of terminal acetylenes is 1. The van der Waals surface area contributed by atoms with E-state index in [1.807, 2.05) is 0 Å². The van der Waals surface area contributed by atoms with Crippen LogP contribution in [0, 0.1) is 12.3 Å². The van der Waals surface area contributed by atoms with Crippen molar-refractivity contribution in [2.75, 3.05) is 18.1 Å². The van der Waals surface area contributed by atoms with Crippen LogP contribution in [0.2, 0.25) is 10.0 Å². The molecule has 0 spiro atoms. The lowest BCUT2D eigenvalue weighted by Gasteiger charge is -2.26. The summed E-state index contributed by atoms with van der Waals surface area (Å²) in [7, 11) is -3.11. The third-order valence-electron chi connectivity index (χ3n) is 3.33. The first-order valence-corrected chi connectivity index (χ1v) is 8.81. The quantitative estimate of drug-likeness (QED) is 0.789. The van der Waals surface area contributed by atoms with Crippen LogP contribution in [0.3, 0.4) is 0 Å². The van der Waals surface area contributed by atoms with Gasteiger partial charge in [-0.05, 0) is 24.6 Å². The van der Waals surface area contributed by atoms with Crippen molar-refractivity contribution in [3.63, 3.8) is 0 Å². The van der Waals surface area contributed by atoms with Gasteiger partial charge in [0.15, 0.2) is 9.84 Å². The molecule has 1 amide bonds. The Morgan fingerprint density at radius 3 is 2.67 bits per heavy atom. The molecule has 1 aromatic carbocycles. The largest absolute Gasteiger partial charge is 0.323 e. The molecule has 1 aliphatic rings. The Kier molecular flexibility index (Phi) is 4.82. The van der Waals surface area contributed by atoms with E-state index >= 15 is 0 Å². The minimum absolute atomic E-state index is 0.0397. The number of amides is 1. The molecule has 7 heteroatoms. The van der Waals surface area contributed by atoms with Gasteiger partial charge in [-0.1, -0.05) is 29.1 Å². The van der Waals surface area contributed by atoms with Crippen molar-refractivity contribution in [1.29, 1.82) is 0 Å². The summed E-state index contributed by atoms with van der Waals surface area (Å²) in [5.74, 6) is 2.02. The molecule has 4 nitrogen and oxygen atoms in total. The van der Waals surface area contributed by atoms with Crippen LogP contribution in [0.15, 0.2) is 18.2 Å². The molecule has 0 bridgehead atoms. The standard InChI is InChI=1S/C14H13Cl2NO3S/c1-2-6-17(11-5-7-21(19,20)9-11)14(18)12-4-3-10(15)8-13(12)16/h1,3-4,8,11H,5-7,9H2/t11-/m0/s1. The summed E-state index contributed by atoms with van der Waals surface area (Å²) in [6.45, 7) is 0.0397. The number of carbonyl (C=O) groups is 1. The van der Waals surface area contributed by atoms with Gasteiger partial charge in [0, 0.05) is 11.1 Å². The number of carbonyl (C=O) groups excluding carboxylic acids is 1. The van der Waals surface area contributed by atoms with Gasteiger partial charge >= 0.3 is 0 Å². The first-order chi connectivity index (χ1) is 9.84. The second kappa shape index (κ2) is 6.27. The van der Waals surface area contributed by atoms with E-state index in [1.54, 1.807) is 6.07 Å². The fourth-order valence-electron chi connectivity index (χ4n) is 2.30. The topological polar surface area (TPSA) is 54.5 Å². The molecule has 2 rings (SSSR count). The van der Waals surface area contributed by atoms with Gasteiger partial charge in [0.25, 0.3) is 5.91 Å². The van der Waals surface area contributed by atoms with Crippen LogP contribution in [0.5, 0.6) is 0 Å². The molecular formula is C14H13Cl2NO3S. The Morgan fingerprint density at radius 2 is 2.14 bits per heavy atom. The molecule has 0 radical (unpaired) electrons. The van der Waals surface area contributed by atoms with Gasteiger partial charge in [-0.2, -0.15) is 0 Å². The predicted molar refractivity (Wildman–Crippen MR) is 83.4 cm³/mol. The summed E-state index contributed by atoms with van der Waals surface area (Å²) < 4.78 is 23.2. The Labute approximate surface area is 133 Å². The second-order valence-electron chi connectivity index (χ2n) is 4.82. The third kappa shape index (κ3) is 3.70. The summed E-state index contributed by atoms with van der Waals surface area (Å²) in [5, 5.41) is 0.638. The molecule has 1 aromatic rings. The lowest BCUT2D eigenvalue weighted by atomic mass is 10.1. The summed E-state index contributed by atoms with van der Waals surface area (Å²) in [6.07, 6.45) is 5.69. The molecule has 1 aliphatic heterocycles. The third-order valence-corrected chi connectivity index (χ3v) is 5.63. The van der Waals surface area contributed by atoms with Crippen LogP contribution in [0.4, 0.5) is 0 Å². The highest BCUT2D eigenvalue weighted by Gasteiger charge is 2.35. The highest BCUT2D eigenvalue weighted by atomic mass is 35.5. The van der Waals surface area contributed by atoms with E-state index in [4.69, 9.17) is 29.6 Å². The van der Waals surface area contributed by atoms with E-state index in [0.29, 0.717) is 11.4 Å². The van der Waals surface area contributed by atoms with Crippen molar-refractivity contribution < 1.29 is 13.2 Å². The van der Waals surface area contributed by atoms with Crippen LogP contribution >= 0.6 is 23.2 Å². The maximum atomic E-state index is 12.6. The van der Waals surface area contributed by atoms with Crippen molar-refractivity contribution in [3.8, 4) is 12.3 Å². The van der Waals surface area contributed by atoms with E-state index in [1.165, 1.54) is 17.0 Å². The number of benzene rings is 1. The number of hydrogen-bond acceptors (Lipinski definition) is 3. The van der Waals surface area contributed by atoms with Crippen molar-refractivity contribution in [2.45, 2.75) is 12.5 Å². The molecule has 0 aromatic heterocycles. The first kappa shape index (κ1) is 16.2. The number of hydrogen-bond donors (Lipinski definition) is 0. The number of rotatable bonds is 3. The molecule has 21 heavy (non-hydrogen) atoms. The van der Waals surface area contributed by atoms with Crippen LogP contribution in [0.25, 0.3) is 0 Å². The van der Waals surface area contributed by atoms with Crippen molar-refractivity contribution in [2.24, 2.45) is 0 Å². The van der Waals surface area contributed by atoms with Gasteiger partial charge in [-0.25, -0.2) is 8.42 Å². The monoisotopic (exact) mass is 345 g/mol. The van der Waals surface area contributed by atoms with Crippen molar-refractivity contribution in [3.05, 3.63) is 33.8 Å². The maximum Gasteiger partial charge on any atom is 0.256 e. The van der Waals surface area contributed by atoms with Crippen LogP contribution < -0.4 is 0 Å². The number of nitrogens with zero attached hydrogens (tertiary/aromatic N) is 1. The first-order valence-electron chi connectivity index (χ1n) is 6.24. The number of halogens is 2. The van der Waals surface area contributed by atoms with E-state index in [2.05, 4.69) is 5.92 Å². The highest BCUT2D eigenvalue weighted by molar-refractivity contribution is 7.91. The zero-order valence-corrected chi connectivity index (χ0v) is 13.4. The average molecular weight is 346 g/mol. The summed E-state index contributed by atoms with van der Waals surface area (Å²) >= 11 is 11.8. The summed E-state index contributed by atoms with van der Waals surface area (Å²) in [4.78, 5) is 14.0. The minimum atomic E-state index is -3.11. The molecule has 112 valence electrons. The van der Waals surface area contributed by atoms with Crippen LogP contribution in [-0.2, 0) is 9.84 Å². The molecule has 1 atom stereocenters. The molecule has 0 unspecified atom stereocenters. The lowest BCUT2D eigenvalue weighted by Crippen LogP contribution is -2.41. The van der Waals surface area contributed by atoms with Gasteiger partial charge in [-0.15, -0.1) is 6.42 Å². The van der Waals surface area contributed by atoms with Gasteiger partial charge in [0.2, 0.25) is 0 Å². The highest BCUT2D eigenvalue weighted by Crippen LogP contribution is 2.25. The minimum Gasteiger partial charge on any atom is -0.323 e. The average Bonchev–Trinajstić information content (AvgIpc) is 2.75. The van der Waals surface area contributed by atoms with Gasteiger partial charge in [0.05, 0.1) is 28.6 Å². The lowest BCUT2D eigenvalue weighted by molar-refractivity contribution is 0.0724. The fraction of sp³-hybridized carbons (Fsp3) is 0.357. The molecule has 0 aliphatic carbocycles. The fourth-order valence-corrected chi connectivity index (χ4v) is 4.52. The van der Waals surface area contributed by atoms with E-state index < -0.39 is 15.9 Å². The van der Waals surface area contributed by atoms with Gasteiger partial charge in [-0.3, -0.25) is 4.79 Å². The Bertz CT molecular complexity index is 709. The molecule has 1 fully saturated rings. The summed E-state index contributed by atoms with van der Waals surface area (Å²) in [6, 6.07) is 4.13. The predicted octanol–water partition coefficient (Wildman–Crippen LogP) is 2.26. The van der Waals surface area contributed by atoms with Crippen LogP contribution in [-0.4, -0.2) is 43.3 Å². The normalized spacial score (nSPS) is 20.0. The van der Waals surface area contributed by atoms with Crippen molar-refractivity contribution in [1.82, 2.24) is 4.90 Å². The van der Waals surface area contributed by atoms with E-state index in [9.17, 15) is 13.2 Å². The molecule has 1 heterocycles. The molecular weight excluding hydrogens is 333 g/mol. The molecule has 1 saturated heterocycles. The zero-order valence-electron chi connectivity index (χ0n) is 11.1. The van der Waals surface area contributed by atoms with Gasteiger partial charge < -0.3 is 4.90 Å². The maximum absolute atomic E-state index is 12.6. The van der Waals surface area contributed by atoms with Gasteiger partial charge in [0.1, 0.15) is 0 Å². The molecule has 0 saturated carbocycles. The molecule has 0 N–H and O–H groups in total.